The molecule has 2 aromatic heterocycles. The van der Waals surface area contributed by atoms with Crippen molar-refractivity contribution in [2.45, 2.75) is 19.4 Å². The molecule has 4 aromatic rings. The minimum atomic E-state index is 0.0545. The van der Waals surface area contributed by atoms with Crippen LogP contribution in [0.2, 0.25) is 0 Å². The number of fused-ring (bicyclic) bond motifs is 1. The first-order valence-electron chi connectivity index (χ1n) is 8.78. The quantitative estimate of drug-likeness (QED) is 0.495. The van der Waals surface area contributed by atoms with Gasteiger partial charge in [0.25, 0.3) is 0 Å². The van der Waals surface area contributed by atoms with E-state index in [9.17, 15) is 4.79 Å². The Labute approximate surface area is 161 Å². The first kappa shape index (κ1) is 17.4. The van der Waals surface area contributed by atoms with Gasteiger partial charge < -0.3 is 9.42 Å². The molecule has 0 spiro atoms. The lowest BCUT2D eigenvalue weighted by molar-refractivity contribution is -0.130. The SMILES string of the molecule is CN(Cc1cccc2ccccc12)C(=O)CCc1nc(-c2cccs2)no1. The molecule has 5 nitrogen and oxygen atoms in total. The van der Waals surface area contributed by atoms with E-state index in [2.05, 4.69) is 34.4 Å². The summed E-state index contributed by atoms with van der Waals surface area (Å²) in [4.78, 5) is 19.6. The summed E-state index contributed by atoms with van der Waals surface area (Å²) in [6, 6.07) is 18.3. The molecular weight excluding hydrogens is 358 g/mol. The van der Waals surface area contributed by atoms with Gasteiger partial charge in [0.1, 0.15) is 0 Å². The Hall–Kier alpha value is -2.99. The second-order valence-corrected chi connectivity index (χ2v) is 7.32. The van der Waals surface area contributed by atoms with Crippen LogP contribution in [0.1, 0.15) is 17.9 Å². The third-order valence-corrected chi connectivity index (χ3v) is 5.34. The van der Waals surface area contributed by atoms with E-state index in [0.717, 1.165) is 10.4 Å². The predicted octanol–water partition coefficient (Wildman–Crippen LogP) is 4.54. The Balaban J connectivity index is 1.38. The highest BCUT2D eigenvalue weighted by molar-refractivity contribution is 7.13. The number of carbonyl (C=O) groups is 1. The van der Waals surface area contributed by atoms with Gasteiger partial charge in [-0.25, -0.2) is 0 Å². The molecule has 2 aromatic carbocycles. The van der Waals surface area contributed by atoms with E-state index in [1.54, 1.807) is 16.2 Å². The lowest BCUT2D eigenvalue weighted by Crippen LogP contribution is -2.26. The van der Waals surface area contributed by atoms with Crippen LogP contribution in [-0.4, -0.2) is 28.0 Å². The Morgan fingerprint density at radius 2 is 1.96 bits per heavy atom. The molecule has 0 bridgehead atoms. The van der Waals surface area contributed by atoms with Crippen molar-refractivity contribution < 1.29 is 9.32 Å². The second kappa shape index (κ2) is 7.72. The molecule has 0 fully saturated rings. The number of aromatic nitrogens is 2. The average molecular weight is 377 g/mol. The molecule has 0 unspecified atom stereocenters. The molecule has 0 radical (unpaired) electrons. The number of nitrogens with zero attached hydrogens (tertiary/aromatic N) is 3. The molecule has 0 atom stereocenters. The summed E-state index contributed by atoms with van der Waals surface area (Å²) in [5.74, 6) is 1.13. The molecule has 0 saturated carbocycles. The van der Waals surface area contributed by atoms with E-state index in [-0.39, 0.29) is 5.91 Å². The summed E-state index contributed by atoms with van der Waals surface area (Å²) in [6.45, 7) is 0.574. The largest absolute Gasteiger partial charge is 0.341 e. The van der Waals surface area contributed by atoms with E-state index in [4.69, 9.17) is 4.52 Å². The van der Waals surface area contributed by atoms with E-state index in [0.29, 0.717) is 31.1 Å². The van der Waals surface area contributed by atoms with Gasteiger partial charge in [-0.15, -0.1) is 11.3 Å². The molecule has 0 saturated heterocycles. The fraction of sp³-hybridized carbons (Fsp3) is 0.190. The van der Waals surface area contributed by atoms with Gasteiger partial charge in [0.05, 0.1) is 4.88 Å². The van der Waals surface area contributed by atoms with Crippen LogP contribution in [-0.2, 0) is 17.8 Å². The normalized spacial score (nSPS) is 11.0. The van der Waals surface area contributed by atoms with Crippen LogP contribution in [0.4, 0.5) is 0 Å². The highest BCUT2D eigenvalue weighted by Gasteiger charge is 2.14. The van der Waals surface area contributed by atoms with E-state index < -0.39 is 0 Å². The van der Waals surface area contributed by atoms with Crippen molar-refractivity contribution in [3.05, 3.63) is 71.4 Å². The van der Waals surface area contributed by atoms with Gasteiger partial charge >= 0.3 is 0 Å². The minimum Gasteiger partial charge on any atom is -0.341 e. The summed E-state index contributed by atoms with van der Waals surface area (Å²) in [6.07, 6.45) is 0.782. The number of benzene rings is 2. The van der Waals surface area contributed by atoms with Gasteiger partial charge in [0.15, 0.2) is 0 Å². The van der Waals surface area contributed by atoms with E-state index >= 15 is 0 Å². The van der Waals surface area contributed by atoms with Gasteiger partial charge in [-0.3, -0.25) is 4.79 Å². The molecule has 0 aliphatic carbocycles. The standard InChI is InChI=1S/C21H19N3O2S/c1-24(14-16-8-4-7-15-6-2-3-9-17(15)16)20(25)12-11-19-22-21(23-26-19)18-10-5-13-27-18/h2-10,13H,11-12,14H2,1H3. The number of amides is 1. The summed E-state index contributed by atoms with van der Waals surface area (Å²) in [5.41, 5.74) is 1.14. The fourth-order valence-corrected chi connectivity index (χ4v) is 3.69. The van der Waals surface area contributed by atoms with Crippen molar-refractivity contribution in [3.8, 4) is 10.7 Å². The van der Waals surface area contributed by atoms with Crippen LogP contribution in [0, 0.1) is 0 Å². The number of rotatable bonds is 6. The molecule has 0 N–H and O–H groups in total. The molecule has 4 rings (SSSR count). The maximum Gasteiger partial charge on any atom is 0.227 e. The topological polar surface area (TPSA) is 59.2 Å². The third kappa shape index (κ3) is 3.90. The van der Waals surface area contributed by atoms with Crippen LogP contribution < -0.4 is 0 Å². The molecule has 6 heteroatoms. The third-order valence-electron chi connectivity index (χ3n) is 4.48. The Kier molecular flexibility index (Phi) is 4.98. The maximum atomic E-state index is 12.5. The zero-order valence-electron chi connectivity index (χ0n) is 15.0. The van der Waals surface area contributed by atoms with Crippen molar-refractivity contribution in [1.82, 2.24) is 15.0 Å². The molecular formula is C21H19N3O2S. The highest BCUT2D eigenvalue weighted by atomic mass is 32.1. The zero-order chi connectivity index (χ0) is 18.6. The number of thiophene rings is 1. The van der Waals surface area contributed by atoms with E-state index in [1.807, 2.05) is 42.8 Å². The van der Waals surface area contributed by atoms with Crippen LogP contribution in [0.25, 0.3) is 21.5 Å². The predicted molar refractivity (Wildman–Crippen MR) is 106 cm³/mol. The number of carbonyl (C=O) groups excluding carboxylic acids is 1. The first-order chi connectivity index (χ1) is 13.2. The summed E-state index contributed by atoms with van der Waals surface area (Å²) in [5, 5.41) is 8.31. The number of aryl methyl sites for hydroxylation is 1. The van der Waals surface area contributed by atoms with Crippen LogP contribution in [0.15, 0.2) is 64.5 Å². The molecule has 2 heterocycles. The van der Waals surface area contributed by atoms with Gasteiger partial charge in [-0.1, -0.05) is 53.7 Å². The smallest absolute Gasteiger partial charge is 0.227 e. The van der Waals surface area contributed by atoms with Gasteiger partial charge in [0, 0.05) is 26.4 Å². The highest BCUT2D eigenvalue weighted by Crippen LogP contribution is 2.22. The van der Waals surface area contributed by atoms with Crippen molar-refractivity contribution in [3.63, 3.8) is 0 Å². The van der Waals surface area contributed by atoms with Crippen molar-refractivity contribution in [1.29, 1.82) is 0 Å². The van der Waals surface area contributed by atoms with Crippen LogP contribution in [0.5, 0.6) is 0 Å². The fourth-order valence-electron chi connectivity index (χ4n) is 3.04. The summed E-state index contributed by atoms with van der Waals surface area (Å²) in [7, 11) is 1.83. The molecule has 136 valence electrons. The van der Waals surface area contributed by atoms with Crippen molar-refractivity contribution >= 4 is 28.0 Å². The lowest BCUT2D eigenvalue weighted by Gasteiger charge is -2.18. The summed E-state index contributed by atoms with van der Waals surface area (Å²) >= 11 is 1.56. The number of hydrogen-bond donors (Lipinski definition) is 0. The molecule has 1 amide bonds. The van der Waals surface area contributed by atoms with Crippen LogP contribution in [0.3, 0.4) is 0 Å². The van der Waals surface area contributed by atoms with Gasteiger partial charge in [0.2, 0.25) is 17.6 Å². The van der Waals surface area contributed by atoms with E-state index in [1.165, 1.54) is 10.8 Å². The molecule has 0 aliphatic rings. The Bertz CT molecular complexity index is 1050. The molecule has 27 heavy (non-hydrogen) atoms. The Morgan fingerprint density at radius 3 is 2.81 bits per heavy atom. The van der Waals surface area contributed by atoms with Gasteiger partial charge in [-0.05, 0) is 27.8 Å². The lowest BCUT2D eigenvalue weighted by atomic mass is 10.0. The van der Waals surface area contributed by atoms with Crippen molar-refractivity contribution in [2.24, 2.45) is 0 Å². The zero-order valence-corrected chi connectivity index (χ0v) is 15.8. The first-order valence-corrected chi connectivity index (χ1v) is 9.66. The summed E-state index contributed by atoms with van der Waals surface area (Å²) < 4.78 is 5.27. The Morgan fingerprint density at radius 1 is 1.11 bits per heavy atom. The maximum absolute atomic E-state index is 12.5. The van der Waals surface area contributed by atoms with Gasteiger partial charge in [-0.2, -0.15) is 4.98 Å². The average Bonchev–Trinajstić information content (AvgIpc) is 3.38. The minimum absolute atomic E-state index is 0.0545. The number of hydrogen-bond acceptors (Lipinski definition) is 5. The van der Waals surface area contributed by atoms with Crippen LogP contribution >= 0.6 is 11.3 Å². The molecule has 0 aliphatic heterocycles. The van der Waals surface area contributed by atoms with Crippen molar-refractivity contribution in [2.75, 3.05) is 7.05 Å². The second-order valence-electron chi connectivity index (χ2n) is 6.38. The monoisotopic (exact) mass is 377 g/mol.